The summed E-state index contributed by atoms with van der Waals surface area (Å²) >= 11 is 0. The highest BCUT2D eigenvalue weighted by Gasteiger charge is 2.25. The van der Waals surface area contributed by atoms with Gasteiger partial charge in [-0.25, -0.2) is 4.79 Å². The molecule has 0 aliphatic rings. The highest BCUT2D eigenvalue weighted by atomic mass is 19.1. The number of rotatable bonds is 1. The summed E-state index contributed by atoms with van der Waals surface area (Å²) in [7, 11) is 0. The van der Waals surface area contributed by atoms with Gasteiger partial charge in [0, 0.05) is 11.6 Å². The van der Waals surface area contributed by atoms with Crippen LogP contribution in [0.5, 0.6) is 0 Å². The average Bonchev–Trinajstić information content (AvgIpc) is 2.08. The number of nitrogens with one attached hydrogen (secondary N) is 1. The highest BCUT2D eigenvalue weighted by Crippen LogP contribution is 2.21. The molecule has 0 aliphatic heterocycles. The molecule has 1 aromatic heterocycles. The molecule has 1 heterocycles. The van der Waals surface area contributed by atoms with Crippen molar-refractivity contribution in [3.63, 3.8) is 0 Å². The van der Waals surface area contributed by atoms with Gasteiger partial charge in [0.25, 0.3) is 5.56 Å². The lowest BCUT2D eigenvalue weighted by atomic mass is 9.91. The predicted molar refractivity (Wildman–Crippen MR) is 56.4 cm³/mol. The van der Waals surface area contributed by atoms with E-state index in [0.29, 0.717) is 0 Å². The van der Waals surface area contributed by atoms with Crippen LogP contribution in [-0.2, 0) is 5.41 Å². The van der Waals surface area contributed by atoms with Gasteiger partial charge in [-0.1, -0.05) is 27.4 Å². The smallest absolute Gasteiger partial charge is 0.271 e. The third kappa shape index (κ3) is 1.91. The summed E-state index contributed by atoms with van der Waals surface area (Å²) in [6.45, 7) is 8.55. The molecule has 0 radical (unpaired) electrons. The second-order valence-corrected chi connectivity index (χ2v) is 4.22. The maximum atomic E-state index is 13.6. The molecule has 0 spiro atoms. The van der Waals surface area contributed by atoms with Crippen LogP contribution >= 0.6 is 0 Å². The SMILES string of the molecule is C=Cn1c(C(C)(C)C)c(F)c(=O)[nH]c1=O. The molecule has 15 heavy (non-hydrogen) atoms. The molecular weight excluding hydrogens is 199 g/mol. The maximum Gasteiger partial charge on any atom is 0.332 e. The first kappa shape index (κ1) is 11.4. The lowest BCUT2D eigenvalue weighted by Gasteiger charge is -2.21. The van der Waals surface area contributed by atoms with Crippen LogP contribution in [0.25, 0.3) is 6.20 Å². The Kier molecular flexibility index (Phi) is 2.66. The van der Waals surface area contributed by atoms with Gasteiger partial charge in [-0.2, -0.15) is 4.39 Å². The van der Waals surface area contributed by atoms with Crippen molar-refractivity contribution in [2.24, 2.45) is 0 Å². The van der Waals surface area contributed by atoms with Crippen molar-refractivity contribution >= 4 is 6.20 Å². The summed E-state index contributed by atoms with van der Waals surface area (Å²) in [6, 6.07) is 0. The van der Waals surface area contributed by atoms with E-state index < -0.39 is 22.5 Å². The van der Waals surface area contributed by atoms with Gasteiger partial charge in [0.2, 0.25) is 5.82 Å². The van der Waals surface area contributed by atoms with Crippen LogP contribution in [-0.4, -0.2) is 9.55 Å². The van der Waals surface area contributed by atoms with E-state index in [1.54, 1.807) is 20.8 Å². The van der Waals surface area contributed by atoms with E-state index in [1.807, 2.05) is 4.98 Å². The van der Waals surface area contributed by atoms with Gasteiger partial charge in [-0.05, 0) is 0 Å². The van der Waals surface area contributed by atoms with E-state index in [4.69, 9.17) is 0 Å². The Hall–Kier alpha value is -1.65. The fourth-order valence-corrected chi connectivity index (χ4v) is 1.39. The van der Waals surface area contributed by atoms with Crippen LogP contribution in [0, 0.1) is 5.82 Å². The summed E-state index contributed by atoms with van der Waals surface area (Å²) in [5.74, 6) is -0.943. The normalized spacial score (nSPS) is 11.5. The van der Waals surface area contributed by atoms with Crippen molar-refractivity contribution in [1.29, 1.82) is 0 Å². The molecule has 82 valence electrons. The number of halogens is 1. The quantitative estimate of drug-likeness (QED) is 0.757. The summed E-state index contributed by atoms with van der Waals surface area (Å²) in [4.78, 5) is 24.3. The Morgan fingerprint density at radius 2 is 1.93 bits per heavy atom. The fraction of sp³-hybridized carbons (Fsp3) is 0.400. The standard InChI is InChI=1S/C10H13FN2O2/c1-5-13-7(10(2,3)4)6(11)8(14)12-9(13)15/h5H,1H2,2-4H3,(H,12,14,15). The van der Waals surface area contributed by atoms with E-state index in [9.17, 15) is 14.0 Å². The molecule has 0 aliphatic carbocycles. The molecule has 1 N–H and O–H groups in total. The Balaban J connectivity index is 3.83. The first-order chi connectivity index (χ1) is 6.79. The van der Waals surface area contributed by atoms with Gasteiger partial charge >= 0.3 is 5.69 Å². The van der Waals surface area contributed by atoms with E-state index in [2.05, 4.69) is 6.58 Å². The Labute approximate surface area is 86.1 Å². The second-order valence-electron chi connectivity index (χ2n) is 4.22. The van der Waals surface area contributed by atoms with Crippen molar-refractivity contribution in [3.05, 3.63) is 38.9 Å². The Bertz CT molecular complexity index is 506. The largest absolute Gasteiger partial charge is 0.332 e. The molecule has 1 rings (SSSR count). The van der Waals surface area contributed by atoms with Crippen LogP contribution in [0.1, 0.15) is 26.5 Å². The van der Waals surface area contributed by atoms with E-state index >= 15 is 0 Å². The van der Waals surface area contributed by atoms with Crippen LogP contribution in [0.2, 0.25) is 0 Å². The average molecular weight is 212 g/mol. The van der Waals surface area contributed by atoms with Crippen molar-refractivity contribution in [2.45, 2.75) is 26.2 Å². The van der Waals surface area contributed by atoms with Gasteiger partial charge in [0.15, 0.2) is 0 Å². The highest BCUT2D eigenvalue weighted by molar-refractivity contribution is 5.26. The van der Waals surface area contributed by atoms with E-state index in [0.717, 1.165) is 4.57 Å². The monoisotopic (exact) mass is 212 g/mol. The molecule has 0 bridgehead atoms. The van der Waals surface area contributed by atoms with Crippen LogP contribution in [0.4, 0.5) is 4.39 Å². The first-order valence-corrected chi connectivity index (χ1v) is 4.46. The zero-order valence-corrected chi connectivity index (χ0v) is 8.93. The zero-order chi connectivity index (χ0) is 11.8. The molecule has 0 unspecified atom stereocenters. The van der Waals surface area contributed by atoms with Crippen molar-refractivity contribution in [2.75, 3.05) is 0 Å². The maximum absolute atomic E-state index is 13.6. The molecule has 0 atom stereocenters. The number of nitrogens with zero attached hydrogens (tertiary/aromatic N) is 1. The summed E-state index contributed by atoms with van der Waals surface area (Å²) < 4.78 is 14.6. The van der Waals surface area contributed by atoms with Gasteiger partial charge in [0.1, 0.15) is 0 Å². The van der Waals surface area contributed by atoms with Crippen LogP contribution in [0.15, 0.2) is 16.2 Å². The number of H-pyrrole nitrogens is 1. The third-order valence-corrected chi connectivity index (χ3v) is 1.98. The van der Waals surface area contributed by atoms with Crippen molar-refractivity contribution < 1.29 is 4.39 Å². The summed E-state index contributed by atoms with van der Waals surface area (Å²) in [5.41, 5.74) is -2.29. The fourth-order valence-electron chi connectivity index (χ4n) is 1.39. The molecule has 0 fully saturated rings. The topological polar surface area (TPSA) is 54.9 Å². The molecule has 1 aromatic rings. The molecule has 5 heteroatoms. The van der Waals surface area contributed by atoms with E-state index in [-0.39, 0.29) is 5.69 Å². The Morgan fingerprint density at radius 3 is 2.33 bits per heavy atom. The van der Waals surface area contributed by atoms with Crippen LogP contribution < -0.4 is 11.2 Å². The zero-order valence-electron chi connectivity index (χ0n) is 8.93. The molecule has 0 saturated heterocycles. The molecule has 4 nitrogen and oxygen atoms in total. The van der Waals surface area contributed by atoms with Crippen molar-refractivity contribution in [1.82, 2.24) is 9.55 Å². The van der Waals surface area contributed by atoms with Crippen LogP contribution in [0.3, 0.4) is 0 Å². The lowest BCUT2D eigenvalue weighted by molar-refractivity contribution is 0.474. The summed E-state index contributed by atoms with van der Waals surface area (Å²) in [6.07, 6.45) is 1.18. The van der Waals surface area contributed by atoms with E-state index in [1.165, 1.54) is 6.20 Å². The molecule has 0 aromatic carbocycles. The third-order valence-electron chi connectivity index (χ3n) is 1.98. The summed E-state index contributed by atoms with van der Waals surface area (Å²) in [5, 5.41) is 0. The van der Waals surface area contributed by atoms with Crippen molar-refractivity contribution in [3.8, 4) is 0 Å². The second kappa shape index (κ2) is 3.49. The number of aromatic amines is 1. The van der Waals surface area contributed by atoms with Gasteiger partial charge in [-0.3, -0.25) is 14.3 Å². The number of hydrogen-bond donors (Lipinski definition) is 1. The minimum atomic E-state index is -0.997. The molecule has 0 amide bonds. The first-order valence-electron chi connectivity index (χ1n) is 4.46. The molecule has 0 saturated carbocycles. The Morgan fingerprint density at radius 1 is 1.40 bits per heavy atom. The molecular formula is C10H13FN2O2. The number of aromatic nitrogens is 2. The minimum Gasteiger partial charge on any atom is -0.271 e. The van der Waals surface area contributed by atoms with Gasteiger partial charge < -0.3 is 0 Å². The minimum absolute atomic E-state index is 0.0336. The van der Waals surface area contributed by atoms with Gasteiger partial charge in [0.05, 0.1) is 5.69 Å². The lowest BCUT2D eigenvalue weighted by Crippen LogP contribution is -2.37. The number of hydrogen-bond acceptors (Lipinski definition) is 2. The predicted octanol–water partition coefficient (Wildman–Crippen LogP) is 1.07. The van der Waals surface area contributed by atoms with Gasteiger partial charge in [-0.15, -0.1) is 0 Å².